The second-order valence-corrected chi connectivity index (χ2v) is 10.9. The molecule has 0 aromatic rings. The highest BCUT2D eigenvalue weighted by Gasteiger charge is 2.54. The third-order valence-corrected chi connectivity index (χ3v) is 7.44. The summed E-state index contributed by atoms with van der Waals surface area (Å²) in [5.41, 5.74) is -2.49. The van der Waals surface area contributed by atoms with Crippen LogP contribution in [0, 0.1) is 0 Å². The Labute approximate surface area is 239 Å². The van der Waals surface area contributed by atoms with Crippen molar-refractivity contribution in [3.8, 4) is 0 Å². The van der Waals surface area contributed by atoms with Crippen LogP contribution in [0.3, 0.4) is 0 Å². The van der Waals surface area contributed by atoms with Crippen LogP contribution in [0.1, 0.15) is 175 Å². The summed E-state index contributed by atoms with van der Waals surface area (Å²) in [6.07, 6.45) is 19.0. The van der Waals surface area contributed by atoms with Gasteiger partial charge in [0.25, 0.3) is 5.60 Å². The van der Waals surface area contributed by atoms with E-state index < -0.39 is 29.1 Å². The zero-order valence-electron chi connectivity index (χ0n) is 25.7. The van der Waals surface area contributed by atoms with Crippen LogP contribution in [-0.2, 0) is 19.1 Å². The molecule has 4 N–H and O–H groups in total. The molecule has 0 amide bonds. The lowest BCUT2D eigenvalue weighted by Crippen LogP contribution is -2.56. The van der Waals surface area contributed by atoms with Crippen LogP contribution in [-0.4, -0.2) is 34.2 Å². The molecule has 0 aromatic carbocycles. The van der Waals surface area contributed by atoms with Gasteiger partial charge in [0.05, 0.1) is 0 Å². The van der Waals surface area contributed by atoms with Gasteiger partial charge in [0.1, 0.15) is 0 Å². The lowest BCUT2D eigenvalue weighted by Gasteiger charge is -2.28. The Kier molecular flexibility index (Phi) is 26.7. The van der Waals surface area contributed by atoms with Crippen LogP contribution in [0.4, 0.5) is 4.79 Å². The molecule has 7 heteroatoms. The minimum absolute atomic E-state index is 0. The summed E-state index contributed by atoms with van der Waals surface area (Å²) >= 11 is 0. The lowest BCUT2D eigenvalue weighted by atomic mass is 9.81. The summed E-state index contributed by atoms with van der Waals surface area (Å²) in [5.74, 6) is -2.02. The Hall–Kier alpha value is -1.76. The zero-order valence-corrected chi connectivity index (χ0v) is 25.7. The van der Waals surface area contributed by atoms with Gasteiger partial charge in [0.15, 0.2) is 17.3 Å². The average Bonchev–Trinajstić information content (AvgIpc) is 2.89. The number of ether oxygens (including phenoxy) is 1. The van der Waals surface area contributed by atoms with E-state index in [9.17, 15) is 24.3 Å². The van der Waals surface area contributed by atoms with Gasteiger partial charge in [-0.2, -0.15) is 0 Å². The third kappa shape index (κ3) is 18.3. The van der Waals surface area contributed by atoms with E-state index in [2.05, 4.69) is 20.8 Å². The number of Topliss-reactive ketones (excluding diaryl/α,β-unsaturated/α-hetero) is 3. The van der Waals surface area contributed by atoms with E-state index in [1.54, 1.807) is 0 Å². The fraction of sp³-hybridized carbons (Fsp3) is 0.875. The molecule has 0 radical (unpaired) electrons. The van der Waals surface area contributed by atoms with Gasteiger partial charge in [-0.25, -0.2) is 4.79 Å². The molecule has 0 rings (SSSR count). The van der Waals surface area contributed by atoms with Crippen molar-refractivity contribution in [3.05, 3.63) is 0 Å². The summed E-state index contributed by atoms with van der Waals surface area (Å²) in [5, 5.41) is 9.49. The van der Waals surface area contributed by atoms with Crippen molar-refractivity contribution in [3.63, 3.8) is 0 Å². The molecule has 0 fully saturated rings. The SMILES string of the molecule is CCCCCCCCCC(=O)C(OC(=O)O)(C(=O)CCCCCCCCC)C(=O)CCCCCCCCC.N. The molecular weight excluding hydrogens is 494 g/mol. The molecule has 0 unspecified atom stereocenters. The van der Waals surface area contributed by atoms with Crippen molar-refractivity contribution in [1.82, 2.24) is 6.15 Å². The predicted octanol–water partition coefficient (Wildman–Crippen LogP) is 9.71. The van der Waals surface area contributed by atoms with Crippen molar-refractivity contribution < 1.29 is 29.0 Å². The quantitative estimate of drug-likeness (QED) is 0.0557. The molecule has 230 valence electrons. The van der Waals surface area contributed by atoms with E-state index in [-0.39, 0.29) is 25.4 Å². The van der Waals surface area contributed by atoms with Gasteiger partial charge >= 0.3 is 6.16 Å². The fourth-order valence-corrected chi connectivity index (χ4v) is 5.02. The molecule has 0 aliphatic rings. The smallest absolute Gasteiger partial charge is 0.450 e. The molecule has 0 aliphatic carbocycles. The van der Waals surface area contributed by atoms with Gasteiger partial charge in [-0.3, -0.25) is 14.4 Å². The first-order valence-corrected chi connectivity index (χ1v) is 15.9. The molecule has 7 nitrogen and oxygen atoms in total. The van der Waals surface area contributed by atoms with E-state index in [4.69, 9.17) is 4.74 Å². The van der Waals surface area contributed by atoms with Crippen molar-refractivity contribution in [2.75, 3.05) is 0 Å². The predicted molar refractivity (Wildman–Crippen MR) is 160 cm³/mol. The highest BCUT2D eigenvalue weighted by Crippen LogP contribution is 2.26. The molecule has 0 aromatic heterocycles. The first kappa shape index (κ1) is 39.4. The van der Waals surface area contributed by atoms with Crippen LogP contribution in [0.5, 0.6) is 0 Å². The van der Waals surface area contributed by atoms with E-state index in [0.717, 1.165) is 96.3 Å². The number of carbonyl (C=O) groups excluding carboxylic acids is 3. The molecule has 0 spiro atoms. The van der Waals surface area contributed by atoms with Crippen LogP contribution >= 0.6 is 0 Å². The zero-order chi connectivity index (χ0) is 28.5. The Bertz CT molecular complexity index is 574. The molecule has 39 heavy (non-hydrogen) atoms. The molecule has 0 bridgehead atoms. The van der Waals surface area contributed by atoms with Crippen molar-refractivity contribution in [1.29, 1.82) is 0 Å². The second kappa shape index (κ2) is 26.5. The number of carboxylic acid groups (broad SMARTS) is 1. The highest BCUT2D eigenvalue weighted by atomic mass is 16.7. The normalized spacial score (nSPS) is 11.2. The van der Waals surface area contributed by atoms with E-state index in [1.807, 2.05) is 0 Å². The van der Waals surface area contributed by atoms with Gasteiger partial charge in [-0.15, -0.1) is 0 Å². The lowest BCUT2D eigenvalue weighted by molar-refractivity contribution is -0.161. The Balaban J connectivity index is 0. The van der Waals surface area contributed by atoms with Gasteiger partial charge in [-0.1, -0.05) is 136 Å². The Morgan fingerprint density at radius 3 is 0.923 bits per heavy atom. The minimum Gasteiger partial charge on any atom is -0.450 e. The van der Waals surface area contributed by atoms with Crippen LogP contribution in [0.25, 0.3) is 0 Å². The van der Waals surface area contributed by atoms with Gasteiger partial charge in [-0.05, 0) is 19.3 Å². The van der Waals surface area contributed by atoms with Gasteiger partial charge in [0.2, 0.25) is 0 Å². The maximum Gasteiger partial charge on any atom is 0.507 e. The summed E-state index contributed by atoms with van der Waals surface area (Å²) < 4.78 is 5.02. The van der Waals surface area contributed by atoms with Gasteiger partial charge < -0.3 is 16.0 Å². The number of hydrogen-bond donors (Lipinski definition) is 2. The third-order valence-electron chi connectivity index (χ3n) is 7.44. The largest absolute Gasteiger partial charge is 0.507 e. The molecular formula is C32H61NO6. The number of unbranched alkanes of at least 4 members (excludes halogenated alkanes) is 18. The second-order valence-electron chi connectivity index (χ2n) is 10.9. The highest BCUT2D eigenvalue weighted by molar-refractivity contribution is 6.28. The maximum absolute atomic E-state index is 13.4. The molecule has 0 saturated carbocycles. The minimum atomic E-state index is -2.49. The average molecular weight is 556 g/mol. The summed E-state index contributed by atoms with van der Waals surface area (Å²) in [7, 11) is 0. The Morgan fingerprint density at radius 2 is 0.692 bits per heavy atom. The molecule has 0 saturated heterocycles. The summed E-state index contributed by atoms with van der Waals surface area (Å²) in [6, 6.07) is 0. The molecule has 0 aliphatic heterocycles. The topological polar surface area (TPSA) is 133 Å². The Morgan fingerprint density at radius 1 is 0.462 bits per heavy atom. The first-order chi connectivity index (χ1) is 18.4. The number of rotatable bonds is 28. The fourth-order valence-electron chi connectivity index (χ4n) is 5.02. The number of ketones is 3. The maximum atomic E-state index is 13.4. The van der Waals surface area contributed by atoms with Crippen LogP contribution < -0.4 is 6.15 Å². The van der Waals surface area contributed by atoms with Crippen LogP contribution in [0.2, 0.25) is 0 Å². The summed E-state index contributed by atoms with van der Waals surface area (Å²) in [6.45, 7) is 6.48. The van der Waals surface area contributed by atoms with Crippen molar-refractivity contribution in [2.45, 2.75) is 180 Å². The van der Waals surface area contributed by atoms with Crippen LogP contribution in [0.15, 0.2) is 0 Å². The van der Waals surface area contributed by atoms with Gasteiger partial charge in [0, 0.05) is 19.3 Å². The number of hydrogen-bond acceptors (Lipinski definition) is 6. The molecule has 0 heterocycles. The van der Waals surface area contributed by atoms with E-state index >= 15 is 0 Å². The monoisotopic (exact) mass is 555 g/mol. The first-order valence-electron chi connectivity index (χ1n) is 15.9. The number of carbonyl (C=O) groups is 4. The standard InChI is InChI=1S/C32H58O6.H3N/c1-4-7-10-13-16-19-22-25-28(33)32(38-31(36)37,29(34)26-23-20-17-14-11-8-5-2)30(35)27-24-21-18-15-12-9-6-3;/h4-27H2,1-3H3,(H,36,37);1H3. The van der Waals surface area contributed by atoms with E-state index in [1.165, 1.54) is 19.3 Å². The van der Waals surface area contributed by atoms with Crippen molar-refractivity contribution >= 4 is 23.5 Å². The van der Waals surface area contributed by atoms with E-state index in [0.29, 0.717) is 19.3 Å². The summed E-state index contributed by atoms with van der Waals surface area (Å²) in [4.78, 5) is 51.9. The molecule has 0 atom stereocenters. The van der Waals surface area contributed by atoms with Crippen molar-refractivity contribution in [2.24, 2.45) is 0 Å².